The minimum absolute atomic E-state index is 0.0832. The summed E-state index contributed by atoms with van der Waals surface area (Å²) < 4.78 is 1.85. The third-order valence-corrected chi connectivity index (χ3v) is 5.17. The lowest BCUT2D eigenvalue weighted by Gasteiger charge is -2.31. The molecular formula is C21H27N3O3. The second kappa shape index (κ2) is 8.29. The zero-order chi connectivity index (χ0) is 19.4. The van der Waals surface area contributed by atoms with Crippen molar-refractivity contribution in [2.75, 3.05) is 24.5 Å². The second-order valence-corrected chi connectivity index (χ2v) is 6.97. The molecule has 0 fully saturated rings. The zero-order valence-corrected chi connectivity index (χ0v) is 16.0. The monoisotopic (exact) mass is 369 g/mol. The van der Waals surface area contributed by atoms with Gasteiger partial charge in [0.05, 0.1) is 12.0 Å². The molecule has 1 aliphatic rings. The number of hydrogen-bond acceptors (Lipinski definition) is 3. The summed E-state index contributed by atoms with van der Waals surface area (Å²) in [7, 11) is 0. The van der Waals surface area contributed by atoms with E-state index in [0.717, 1.165) is 25.9 Å². The van der Waals surface area contributed by atoms with Crippen LogP contribution in [-0.4, -0.2) is 41.2 Å². The van der Waals surface area contributed by atoms with E-state index in [2.05, 4.69) is 28.4 Å². The number of aromatic carboxylic acids is 1. The number of carbonyl (C=O) groups excluding carboxylic acids is 1. The highest BCUT2D eigenvalue weighted by molar-refractivity contribution is 5.93. The molecule has 1 aromatic heterocycles. The van der Waals surface area contributed by atoms with Crippen LogP contribution in [0.25, 0.3) is 0 Å². The summed E-state index contributed by atoms with van der Waals surface area (Å²) in [6.45, 7) is 6.64. The normalized spacial score (nSPS) is 13.3. The summed E-state index contributed by atoms with van der Waals surface area (Å²) in [6.07, 6.45) is 4.11. The molecule has 27 heavy (non-hydrogen) atoms. The number of aromatic nitrogens is 1. The van der Waals surface area contributed by atoms with Crippen molar-refractivity contribution in [1.29, 1.82) is 0 Å². The van der Waals surface area contributed by atoms with Crippen molar-refractivity contribution in [1.82, 2.24) is 9.88 Å². The Labute approximate surface area is 159 Å². The quantitative estimate of drug-likeness (QED) is 0.787. The van der Waals surface area contributed by atoms with Gasteiger partial charge in [0.25, 0.3) is 0 Å². The van der Waals surface area contributed by atoms with Gasteiger partial charge >= 0.3 is 5.97 Å². The molecule has 0 spiro atoms. The lowest BCUT2D eigenvalue weighted by atomic mass is 10.0. The SMILES string of the molecule is CCn1cc(C)c(C(=O)O)c1CC(=O)NCCN1CCCc2ccccc21. The number of nitrogens with one attached hydrogen (secondary N) is 1. The van der Waals surface area contributed by atoms with Crippen LogP contribution in [0.15, 0.2) is 30.5 Å². The standard InChI is InChI=1S/C21H27N3O3/c1-3-23-14-15(2)20(21(26)27)18(23)13-19(25)22-10-12-24-11-6-8-16-7-4-5-9-17(16)24/h4-5,7,9,14H,3,6,8,10-13H2,1-2H3,(H,22,25)(H,26,27). The molecule has 3 rings (SSSR count). The summed E-state index contributed by atoms with van der Waals surface area (Å²) in [5, 5.41) is 12.4. The molecule has 2 N–H and O–H groups in total. The lowest BCUT2D eigenvalue weighted by Crippen LogP contribution is -2.38. The number of nitrogens with zero attached hydrogens (tertiary/aromatic N) is 2. The first kappa shape index (κ1) is 19.0. The van der Waals surface area contributed by atoms with Gasteiger partial charge in [0, 0.05) is 43.8 Å². The maximum atomic E-state index is 12.4. The number of para-hydroxylation sites is 1. The van der Waals surface area contributed by atoms with E-state index >= 15 is 0 Å². The number of hydrogen-bond donors (Lipinski definition) is 2. The first-order chi connectivity index (χ1) is 13.0. The first-order valence-corrected chi connectivity index (χ1v) is 9.52. The van der Waals surface area contributed by atoms with E-state index in [1.54, 1.807) is 13.1 Å². The van der Waals surface area contributed by atoms with Gasteiger partial charge in [0.2, 0.25) is 5.91 Å². The van der Waals surface area contributed by atoms with Gasteiger partial charge in [-0.25, -0.2) is 4.79 Å². The summed E-state index contributed by atoms with van der Waals surface area (Å²) in [6, 6.07) is 8.40. The topological polar surface area (TPSA) is 74.6 Å². The molecule has 6 heteroatoms. The Hall–Kier alpha value is -2.76. The van der Waals surface area contributed by atoms with Crippen LogP contribution in [0.3, 0.4) is 0 Å². The van der Waals surface area contributed by atoms with Crippen LogP contribution in [0, 0.1) is 6.92 Å². The van der Waals surface area contributed by atoms with Gasteiger partial charge in [-0.05, 0) is 43.9 Å². The molecule has 0 radical (unpaired) electrons. The molecule has 1 aromatic carbocycles. The molecule has 0 saturated carbocycles. The first-order valence-electron chi connectivity index (χ1n) is 9.52. The fourth-order valence-electron chi connectivity index (χ4n) is 3.90. The molecule has 0 bridgehead atoms. The van der Waals surface area contributed by atoms with Crippen molar-refractivity contribution >= 4 is 17.6 Å². The van der Waals surface area contributed by atoms with E-state index in [0.29, 0.717) is 24.3 Å². The van der Waals surface area contributed by atoms with E-state index in [-0.39, 0.29) is 17.9 Å². The minimum Gasteiger partial charge on any atom is -0.478 e. The highest BCUT2D eigenvalue weighted by Crippen LogP contribution is 2.26. The number of benzene rings is 1. The van der Waals surface area contributed by atoms with Crippen molar-refractivity contribution in [3.8, 4) is 0 Å². The predicted octanol–water partition coefficient (Wildman–Crippen LogP) is 2.63. The molecule has 0 atom stereocenters. The number of fused-ring (bicyclic) bond motifs is 1. The van der Waals surface area contributed by atoms with Gasteiger partial charge in [-0.1, -0.05) is 18.2 Å². The number of carboxylic acid groups (broad SMARTS) is 1. The second-order valence-electron chi connectivity index (χ2n) is 6.97. The molecule has 0 aliphatic carbocycles. The van der Waals surface area contributed by atoms with Gasteiger partial charge in [0.1, 0.15) is 0 Å². The summed E-state index contributed by atoms with van der Waals surface area (Å²) in [4.78, 5) is 26.3. The average molecular weight is 369 g/mol. The van der Waals surface area contributed by atoms with E-state index in [4.69, 9.17) is 0 Å². The van der Waals surface area contributed by atoms with Gasteiger partial charge < -0.3 is 19.9 Å². The maximum Gasteiger partial charge on any atom is 0.337 e. The van der Waals surface area contributed by atoms with E-state index in [1.165, 1.54) is 11.3 Å². The zero-order valence-electron chi connectivity index (χ0n) is 16.0. The fraction of sp³-hybridized carbons (Fsp3) is 0.429. The van der Waals surface area contributed by atoms with Gasteiger partial charge in [-0.15, -0.1) is 0 Å². The van der Waals surface area contributed by atoms with Crippen LogP contribution in [0.2, 0.25) is 0 Å². The molecule has 6 nitrogen and oxygen atoms in total. The Morgan fingerprint density at radius 2 is 2.04 bits per heavy atom. The van der Waals surface area contributed by atoms with Crippen LogP contribution in [0.1, 0.15) is 40.5 Å². The van der Waals surface area contributed by atoms with Crippen LogP contribution < -0.4 is 10.2 Å². The van der Waals surface area contributed by atoms with E-state index in [9.17, 15) is 14.7 Å². The van der Waals surface area contributed by atoms with Crippen LogP contribution in [0.5, 0.6) is 0 Å². The van der Waals surface area contributed by atoms with Gasteiger partial charge in [-0.2, -0.15) is 0 Å². The highest BCUT2D eigenvalue weighted by atomic mass is 16.4. The Kier molecular flexibility index (Phi) is 5.84. The number of carbonyl (C=O) groups is 2. The Morgan fingerprint density at radius 1 is 1.26 bits per heavy atom. The number of carboxylic acids is 1. The fourth-order valence-corrected chi connectivity index (χ4v) is 3.90. The Bertz CT molecular complexity index is 841. The smallest absolute Gasteiger partial charge is 0.337 e. The third kappa shape index (κ3) is 4.15. The van der Waals surface area contributed by atoms with Gasteiger partial charge in [-0.3, -0.25) is 4.79 Å². The lowest BCUT2D eigenvalue weighted by molar-refractivity contribution is -0.120. The molecule has 1 amide bonds. The number of amides is 1. The molecule has 2 aromatic rings. The molecule has 144 valence electrons. The van der Waals surface area contributed by atoms with Crippen LogP contribution >= 0.6 is 0 Å². The summed E-state index contributed by atoms with van der Waals surface area (Å²) in [5.74, 6) is -1.12. The maximum absolute atomic E-state index is 12.4. The summed E-state index contributed by atoms with van der Waals surface area (Å²) >= 11 is 0. The van der Waals surface area contributed by atoms with Crippen molar-refractivity contribution < 1.29 is 14.7 Å². The number of aryl methyl sites for hydroxylation is 3. The van der Waals surface area contributed by atoms with Crippen molar-refractivity contribution in [3.05, 3.63) is 52.8 Å². The number of anilines is 1. The Morgan fingerprint density at radius 3 is 2.78 bits per heavy atom. The highest BCUT2D eigenvalue weighted by Gasteiger charge is 2.21. The van der Waals surface area contributed by atoms with Crippen molar-refractivity contribution in [2.45, 2.75) is 39.7 Å². The van der Waals surface area contributed by atoms with E-state index in [1.807, 2.05) is 17.6 Å². The summed E-state index contributed by atoms with van der Waals surface area (Å²) in [5.41, 5.74) is 4.12. The van der Waals surface area contributed by atoms with Crippen LogP contribution in [0.4, 0.5) is 5.69 Å². The van der Waals surface area contributed by atoms with Gasteiger partial charge in [0.15, 0.2) is 0 Å². The molecule has 1 aliphatic heterocycles. The van der Waals surface area contributed by atoms with Crippen molar-refractivity contribution in [3.63, 3.8) is 0 Å². The third-order valence-electron chi connectivity index (χ3n) is 5.17. The Balaban J connectivity index is 1.59. The number of rotatable bonds is 7. The minimum atomic E-state index is -0.979. The molecule has 0 unspecified atom stereocenters. The van der Waals surface area contributed by atoms with Crippen molar-refractivity contribution in [2.24, 2.45) is 0 Å². The molecular weight excluding hydrogens is 342 g/mol. The van der Waals surface area contributed by atoms with E-state index < -0.39 is 5.97 Å². The molecule has 2 heterocycles. The predicted molar refractivity (Wildman–Crippen MR) is 105 cm³/mol. The largest absolute Gasteiger partial charge is 0.478 e. The molecule has 0 saturated heterocycles. The van der Waals surface area contributed by atoms with Crippen LogP contribution in [-0.2, 0) is 24.2 Å². The average Bonchev–Trinajstić information content (AvgIpc) is 2.97.